The second kappa shape index (κ2) is 2.67. The van der Waals surface area contributed by atoms with Crippen molar-refractivity contribution >= 4 is 0 Å². The van der Waals surface area contributed by atoms with E-state index in [0.717, 1.165) is 6.42 Å². The Kier molecular flexibility index (Phi) is 2.09. The molecule has 0 aromatic rings. The third-order valence-corrected chi connectivity index (χ3v) is 2.10. The molecule has 1 heterocycles. The number of ether oxygens (including phenoxy) is 1. The van der Waals surface area contributed by atoms with E-state index in [1.807, 2.05) is 0 Å². The van der Waals surface area contributed by atoms with Crippen molar-refractivity contribution in [2.75, 3.05) is 6.61 Å². The molecule has 54 valence electrons. The van der Waals surface area contributed by atoms with Crippen LogP contribution in [0.25, 0.3) is 0 Å². The zero-order valence-corrected chi connectivity index (χ0v) is 6.00. The van der Waals surface area contributed by atoms with Crippen molar-refractivity contribution in [2.24, 2.45) is 5.92 Å². The van der Waals surface area contributed by atoms with E-state index in [9.17, 15) is 0 Å². The Bertz CT molecular complexity index is 84.9. The molecular weight excluding hydrogens is 116 g/mol. The van der Waals surface area contributed by atoms with Crippen LogP contribution in [0, 0.1) is 5.92 Å². The zero-order valence-electron chi connectivity index (χ0n) is 6.00. The molecule has 0 bridgehead atoms. The first-order valence-corrected chi connectivity index (χ1v) is 3.52. The van der Waals surface area contributed by atoms with E-state index in [2.05, 4.69) is 13.8 Å². The SMILES string of the molecule is CC1OC(C)C1CCO. The second-order valence-electron chi connectivity index (χ2n) is 2.72. The van der Waals surface area contributed by atoms with Crippen LogP contribution in [0.2, 0.25) is 0 Å². The van der Waals surface area contributed by atoms with E-state index in [0.29, 0.717) is 24.7 Å². The quantitative estimate of drug-likeness (QED) is 0.599. The van der Waals surface area contributed by atoms with Gasteiger partial charge < -0.3 is 9.84 Å². The van der Waals surface area contributed by atoms with Crippen LogP contribution in [0.5, 0.6) is 0 Å². The maximum Gasteiger partial charge on any atom is 0.0604 e. The van der Waals surface area contributed by atoms with Gasteiger partial charge in [0.2, 0.25) is 0 Å². The lowest BCUT2D eigenvalue weighted by atomic mass is 9.89. The maximum absolute atomic E-state index is 8.58. The van der Waals surface area contributed by atoms with Crippen molar-refractivity contribution in [3.8, 4) is 0 Å². The predicted molar refractivity (Wildman–Crippen MR) is 35.2 cm³/mol. The summed E-state index contributed by atoms with van der Waals surface area (Å²) < 4.78 is 5.29. The molecule has 2 nitrogen and oxygen atoms in total. The number of aliphatic hydroxyl groups excluding tert-OH is 1. The third-order valence-electron chi connectivity index (χ3n) is 2.10. The molecule has 2 heteroatoms. The van der Waals surface area contributed by atoms with E-state index in [1.165, 1.54) is 0 Å². The number of hydrogen-bond acceptors (Lipinski definition) is 2. The summed E-state index contributed by atoms with van der Waals surface area (Å²) in [6, 6.07) is 0. The highest BCUT2D eigenvalue weighted by Crippen LogP contribution is 2.29. The van der Waals surface area contributed by atoms with Gasteiger partial charge in [0.15, 0.2) is 0 Å². The molecule has 1 rings (SSSR count). The lowest BCUT2D eigenvalue weighted by molar-refractivity contribution is -0.169. The highest BCUT2D eigenvalue weighted by molar-refractivity contribution is 4.81. The Morgan fingerprint density at radius 1 is 1.33 bits per heavy atom. The standard InChI is InChI=1S/C7H14O2/c1-5-7(3-4-8)6(2)9-5/h5-8H,3-4H2,1-2H3. The largest absolute Gasteiger partial charge is 0.396 e. The summed E-state index contributed by atoms with van der Waals surface area (Å²) in [7, 11) is 0. The molecule has 1 fully saturated rings. The van der Waals surface area contributed by atoms with E-state index in [1.54, 1.807) is 0 Å². The maximum atomic E-state index is 8.58. The monoisotopic (exact) mass is 130 g/mol. The van der Waals surface area contributed by atoms with Gasteiger partial charge in [-0.15, -0.1) is 0 Å². The predicted octanol–water partition coefficient (Wildman–Crippen LogP) is 0.792. The molecule has 2 atom stereocenters. The molecule has 0 amide bonds. The molecule has 0 aromatic carbocycles. The minimum absolute atomic E-state index is 0.294. The van der Waals surface area contributed by atoms with E-state index < -0.39 is 0 Å². The minimum Gasteiger partial charge on any atom is -0.396 e. The Hall–Kier alpha value is -0.0800. The minimum atomic E-state index is 0.294. The van der Waals surface area contributed by atoms with Crippen molar-refractivity contribution in [1.82, 2.24) is 0 Å². The number of hydrogen-bond donors (Lipinski definition) is 1. The first-order valence-electron chi connectivity index (χ1n) is 3.52. The third kappa shape index (κ3) is 1.25. The van der Waals surface area contributed by atoms with Gasteiger partial charge in [0, 0.05) is 12.5 Å². The highest BCUT2D eigenvalue weighted by Gasteiger charge is 2.34. The van der Waals surface area contributed by atoms with Gasteiger partial charge in [0.1, 0.15) is 0 Å². The Balaban J connectivity index is 2.22. The number of aliphatic hydroxyl groups is 1. The summed E-state index contributed by atoms with van der Waals surface area (Å²) in [5.41, 5.74) is 0. The Labute approximate surface area is 55.8 Å². The first kappa shape index (κ1) is 7.03. The van der Waals surface area contributed by atoms with E-state index in [-0.39, 0.29) is 0 Å². The van der Waals surface area contributed by atoms with E-state index in [4.69, 9.17) is 9.84 Å². The van der Waals surface area contributed by atoms with Crippen LogP contribution < -0.4 is 0 Å². The molecule has 0 spiro atoms. The van der Waals surface area contributed by atoms with Crippen LogP contribution in [0.3, 0.4) is 0 Å². The molecule has 0 aromatic heterocycles. The van der Waals surface area contributed by atoms with Crippen LogP contribution in [-0.2, 0) is 4.74 Å². The fraction of sp³-hybridized carbons (Fsp3) is 1.00. The van der Waals surface area contributed by atoms with Gasteiger partial charge >= 0.3 is 0 Å². The molecule has 1 aliphatic heterocycles. The smallest absolute Gasteiger partial charge is 0.0604 e. The fourth-order valence-electron chi connectivity index (χ4n) is 1.45. The van der Waals surface area contributed by atoms with Gasteiger partial charge in [-0.3, -0.25) is 0 Å². The molecule has 1 saturated heterocycles. The summed E-state index contributed by atoms with van der Waals surface area (Å²) in [4.78, 5) is 0. The van der Waals surface area contributed by atoms with Crippen LogP contribution >= 0.6 is 0 Å². The summed E-state index contributed by atoms with van der Waals surface area (Å²) in [5.74, 6) is 0.593. The topological polar surface area (TPSA) is 29.5 Å². The van der Waals surface area contributed by atoms with Gasteiger partial charge in [-0.25, -0.2) is 0 Å². The van der Waals surface area contributed by atoms with Crippen LogP contribution in [0.15, 0.2) is 0 Å². The Morgan fingerprint density at radius 3 is 2.11 bits per heavy atom. The van der Waals surface area contributed by atoms with Gasteiger partial charge in [0.05, 0.1) is 12.2 Å². The fourth-order valence-corrected chi connectivity index (χ4v) is 1.45. The van der Waals surface area contributed by atoms with Crippen molar-refractivity contribution in [3.63, 3.8) is 0 Å². The van der Waals surface area contributed by atoms with Crippen molar-refractivity contribution in [2.45, 2.75) is 32.5 Å². The first-order chi connectivity index (χ1) is 4.25. The molecule has 0 radical (unpaired) electrons. The van der Waals surface area contributed by atoms with Crippen molar-refractivity contribution in [3.05, 3.63) is 0 Å². The molecular formula is C7H14O2. The van der Waals surface area contributed by atoms with E-state index >= 15 is 0 Å². The van der Waals surface area contributed by atoms with Gasteiger partial charge in [0.25, 0.3) is 0 Å². The molecule has 0 aliphatic carbocycles. The van der Waals surface area contributed by atoms with Crippen LogP contribution in [-0.4, -0.2) is 23.9 Å². The molecule has 0 saturated carbocycles. The molecule has 9 heavy (non-hydrogen) atoms. The summed E-state index contributed by atoms with van der Waals surface area (Å²) in [5, 5.41) is 8.58. The van der Waals surface area contributed by atoms with Crippen LogP contribution in [0.1, 0.15) is 20.3 Å². The highest BCUT2D eigenvalue weighted by atomic mass is 16.5. The van der Waals surface area contributed by atoms with Gasteiger partial charge in [-0.2, -0.15) is 0 Å². The van der Waals surface area contributed by atoms with Gasteiger partial charge in [-0.05, 0) is 20.3 Å². The zero-order chi connectivity index (χ0) is 6.85. The Morgan fingerprint density at radius 2 is 1.89 bits per heavy atom. The normalized spacial score (nSPS) is 42.3. The van der Waals surface area contributed by atoms with Gasteiger partial charge in [-0.1, -0.05) is 0 Å². The average molecular weight is 130 g/mol. The molecule has 1 N–H and O–H groups in total. The average Bonchev–Trinajstić information content (AvgIpc) is 1.84. The summed E-state index contributed by atoms with van der Waals surface area (Å²) in [6.45, 7) is 4.41. The number of rotatable bonds is 2. The second-order valence-corrected chi connectivity index (χ2v) is 2.72. The lowest BCUT2D eigenvalue weighted by Gasteiger charge is -2.41. The molecule has 1 aliphatic rings. The van der Waals surface area contributed by atoms with Crippen LogP contribution in [0.4, 0.5) is 0 Å². The lowest BCUT2D eigenvalue weighted by Crippen LogP contribution is -2.45. The summed E-state index contributed by atoms with van der Waals surface area (Å²) >= 11 is 0. The van der Waals surface area contributed by atoms with Crippen molar-refractivity contribution < 1.29 is 9.84 Å². The van der Waals surface area contributed by atoms with Crippen molar-refractivity contribution in [1.29, 1.82) is 0 Å². The molecule has 2 unspecified atom stereocenters. The summed E-state index contributed by atoms with van der Waals surface area (Å²) in [6.07, 6.45) is 1.63.